The van der Waals surface area contributed by atoms with Gasteiger partial charge in [-0.25, -0.2) is 9.78 Å². The Morgan fingerprint density at radius 2 is 2.04 bits per heavy atom. The molecule has 144 valence electrons. The van der Waals surface area contributed by atoms with E-state index in [0.29, 0.717) is 12.3 Å². The van der Waals surface area contributed by atoms with E-state index in [1.54, 1.807) is 6.07 Å². The largest absolute Gasteiger partial charge is 0.464 e. The molecule has 1 aromatic heterocycles. The minimum Gasteiger partial charge on any atom is -0.464 e. The summed E-state index contributed by atoms with van der Waals surface area (Å²) in [5, 5.41) is 4.58. The van der Waals surface area contributed by atoms with Gasteiger partial charge in [0.05, 0.1) is 18.7 Å². The fraction of sp³-hybridized carbons (Fsp3) is 0.273. The highest BCUT2D eigenvalue weighted by Crippen LogP contribution is 2.32. The molecule has 4 rings (SSSR count). The van der Waals surface area contributed by atoms with E-state index in [9.17, 15) is 4.79 Å². The van der Waals surface area contributed by atoms with Crippen LogP contribution >= 0.6 is 15.9 Å². The van der Waals surface area contributed by atoms with Gasteiger partial charge in [0.2, 0.25) is 0 Å². The Kier molecular flexibility index (Phi) is 5.59. The molecule has 28 heavy (non-hydrogen) atoms. The van der Waals surface area contributed by atoms with E-state index in [4.69, 9.17) is 9.47 Å². The molecule has 0 radical (unpaired) electrons. The third-order valence-electron chi connectivity index (χ3n) is 4.98. The van der Waals surface area contributed by atoms with Crippen molar-refractivity contribution in [3.05, 3.63) is 70.3 Å². The Hall–Kier alpha value is -2.44. The fourth-order valence-corrected chi connectivity index (χ4v) is 3.94. The molecule has 1 fully saturated rings. The van der Waals surface area contributed by atoms with Gasteiger partial charge in [0.25, 0.3) is 0 Å². The van der Waals surface area contributed by atoms with E-state index in [-0.39, 0.29) is 12.1 Å². The molecule has 1 aliphatic rings. The zero-order valence-electron chi connectivity index (χ0n) is 15.5. The SMILES string of the molecule is COC(=O)c1cc(NC2CCOC(c3ccccc3)C2)c2cc(Br)ccc2n1. The highest BCUT2D eigenvalue weighted by atomic mass is 79.9. The monoisotopic (exact) mass is 440 g/mol. The molecule has 2 heterocycles. The number of fused-ring (bicyclic) bond motifs is 1. The number of esters is 1. The summed E-state index contributed by atoms with van der Waals surface area (Å²) in [7, 11) is 1.37. The van der Waals surface area contributed by atoms with Gasteiger partial charge in [-0.15, -0.1) is 0 Å². The number of rotatable bonds is 4. The first-order valence-electron chi connectivity index (χ1n) is 9.26. The molecule has 0 spiro atoms. The fourth-order valence-electron chi connectivity index (χ4n) is 3.57. The van der Waals surface area contributed by atoms with Crippen LogP contribution in [0.4, 0.5) is 5.69 Å². The maximum Gasteiger partial charge on any atom is 0.356 e. The summed E-state index contributed by atoms with van der Waals surface area (Å²) in [6.07, 6.45) is 1.82. The number of carbonyl (C=O) groups excluding carboxylic acids is 1. The second kappa shape index (κ2) is 8.29. The van der Waals surface area contributed by atoms with Crippen LogP contribution in [0.1, 0.15) is 35.0 Å². The van der Waals surface area contributed by atoms with Crippen LogP contribution in [0, 0.1) is 0 Å². The highest BCUT2D eigenvalue weighted by Gasteiger charge is 2.25. The van der Waals surface area contributed by atoms with Gasteiger partial charge in [0.15, 0.2) is 5.69 Å². The van der Waals surface area contributed by atoms with Crippen molar-refractivity contribution in [2.24, 2.45) is 0 Å². The summed E-state index contributed by atoms with van der Waals surface area (Å²) in [4.78, 5) is 16.5. The van der Waals surface area contributed by atoms with Crippen LogP contribution in [0.15, 0.2) is 59.1 Å². The van der Waals surface area contributed by atoms with Crippen molar-refractivity contribution in [1.82, 2.24) is 4.98 Å². The molecule has 0 amide bonds. The summed E-state index contributed by atoms with van der Waals surface area (Å²) in [5.74, 6) is -0.443. The van der Waals surface area contributed by atoms with Gasteiger partial charge >= 0.3 is 5.97 Å². The van der Waals surface area contributed by atoms with Crippen molar-refractivity contribution in [2.45, 2.75) is 25.0 Å². The van der Waals surface area contributed by atoms with Crippen molar-refractivity contribution < 1.29 is 14.3 Å². The number of ether oxygens (including phenoxy) is 2. The third-order valence-corrected chi connectivity index (χ3v) is 5.47. The van der Waals surface area contributed by atoms with E-state index in [0.717, 1.165) is 33.9 Å². The number of carbonyl (C=O) groups is 1. The number of anilines is 1. The maximum atomic E-state index is 12.1. The van der Waals surface area contributed by atoms with E-state index < -0.39 is 5.97 Å². The third kappa shape index (κ3) is 4.03. The maximum absolute atomic E-state index is 12.1. The smallest absolute Gasteiger partial charge is 0.356 e. The van der Waals surface area contributed by atoms with Crippen LogP contribution in [0.5, 0.6) is 0 Å². The molecule has 6 heteroatoms. The number of pyridine rings is 1. The number of nitrogens with zero attached hydrogens (tertiary/aromatic N) is 1. The Morgan fingerprint density at radius 3 is 2.82 bits per heavy atom. The molecular formula is C22H21BrN2O3. The van der Waals surface area contributed by atoms with Gasteiger partial charge in [-0.05, 0) is 42.7 Å². The van der Waals surface area contributed by atoms with Gasteiger partial charge in [-0.3, -0.25) is 0 Å². The second-order valence-electron chi connectivity index (χ2n) is 6.84. The first kappa shape index (κ1) is 18.9. The molecule has 2 aromatic carbocycles. The van der Waals surface area contributed by atoms with Crippen molar-refractivity contribution >= 4 is 38.5 Å². The molecule has 1 aliphatic heterocycles. The quantitative estimate of drug-likeness (QED) is 0.570. The summed E-state index contributed by atoms with van der Waals surface area (Å²) in [6, 6.07) is 18.1. The van der Waals surface area contributed by atoms with Crippen LogP contribution in [0.3, 0.4) is 0 Å². The van der Waals surface area contributed by atoms with Crippen LogP contribution in [0.2, 0.25) is 0 Å². The number of halogens is 1. The van der Waals surface area contributed by atoms with Gasteiger partial charge in [0, 0.05) is 28.2 Å². The second-order valence-corrected chi connectivity index (χ2v) is 7.76. The molecule has 0 saturated carbocycles. The van der Waals surface area contributed by atoms with Crippen molar-refractivity contribution in [3.63, 3.8) is 0 Å². The Bertz CT molecular complexity index is 994. The molecule has 1 saturated heterocycles. The average molecular weight is 441 g/mol. The Labute approximate surface area is 172 Å². The van der Waals surface area contributed by atoms with Gasteiger partial charge in [-0.1, -0.05) is 46.3 Å². The predicted octanol–water partition coefficient (Wildman–Crippen LogP) is 5.12. The minimum atomic E-state index is -0.443. The molecule has 1 N–H and O–H groups in total. The summed E-state index contributed by atoms with van der Waals surface area (Å²) in [6.45, 7) is 0.688. The normalized spacial score (nSPS) is 19.4. The molecule has 2 atom stereocenters. The number of aromatic nitrogens is 1. The lowest BCUT2D eigenvalue weighted by Crippen LogP contribution is -2.30. The molecule has 3 aromatic rings. The number of nitrogens with one attached hydrogen (secondary N) is 1. The lowest BCUT2D eigenvalue weighted by atomic mass is 9.97. The first-order chi connectivity index (χ1) is 13.6. The summed E-state index contributed by atoms with van der Waals surface area (Å²) in [5.41, 5.74) is 3.11. The van der Waals surface area contributed by atoms with E-state index >= 15 is 0 Å². The summed E-state index contributed by atoms with van der Waals surface area (Å²) < 4.78 is 11.8. The molecule has 5 nitrogen and oxygen atoms in total. The van der Waals surface area contributed by atoms with E-state index in [1.807, 2.05) is 36.4 Å². The first-order valence-corrected chi connectivity index (χ1v) is 10.0. The van der Waals surface area contributed by atoms with Crippen LogP contribution in [0.25, 0.3) is 10.9 Å². The predicted molar refractivity (Wildman–Crippen MR) is 113 cm³/mol. The highest BCUT2D eigenvalue weighted by molar-refractivity contribution is 9.10. The van der Waals surface area contributed by atoms with Gasteiger partial charge in [-0.2, -0.15) is 0 Å². The van der Waals surface area contributed by atoms with E-state index in [1.165, 1.54) is 12.7 Å². The standard InChI is InChI=1S/C22H21BrN2O3/c1-27-22(26)20-13-19(17-11-15(23)7-8-18(17)25-20)24-16-9-10-28-21(12-16)14-5-3-2-4-6-14/h2-8,11,13,16,21H,9-10,12H2,1H3,(H,24,25). The lowest BCUT2D eigenvalue weighted by molar-refractivity contribution is 0.00980. The van der Waals surface area contributed by atoms with Crippen LogP contribution in [-0.2, 0) is 9.47 Å². The number of methoxy groups -OCH3 is 1. The van der Waals surface area contributed by atoms with Crippen LogP contribution in [-0.4, -0.2) is 30.7 Å². The Morgan fingerprint density at radius 1 is 1.21 bits per heavy atom. The van der Waals surface area contributed by atoms with Crippen molar-refractivity contribution in [3.8, 4) is 0 Å². The summed E-state index contributed by atoms with van der Waals surface area (Å²) >= 11 is 3.53. The number of benzene rings is 2. The minimum absolute atomic E-state index is 0.0624. The number of hydrogen-bond donors (Lipinski definition) is 1. The molecule has 0 aliphatic carbocycles. The average Bonchev–Trinajstić information content (AvgIpc) is 2.74. The van der Waals surface area contributed by atoms with Gasteiger partial charge in [0.1, 0.15) is 0 Å². The lowest BCUT2D eigenvalue weighted by Gasteiger charge is -2.31. The van der Waals surface area contributed by atoms with Gasteiger partial charge < -0.3 is 14.8 Å². The zero-order chi connectivity index (χ0) is 19.5. The topological polar surface area (TPSA) is 60.5 Å². The Balaban J connectivity index is 1.64. The van der Waals surface area contributed by atoms with Crippen LogP contribution < -0.4 is 5.32 Å². The molecule has 0 bridgehead atoms. The van der Waals surface area contributed by atoms with Crippen molar-refractivity contribution in [2.75, 3.05) is 19.0 Å². The number of hydrogen-bond acceptors (Lipinski definition) is 5. The van der Waals surface area contributed by atoms with E-state index in [2.05, 4.69) is 38.4 Å². The molecular weight excluding hydrogens is 420 g/mol. The molecule has 2 unspecified atom stereocenters. The van der Waals surface area contributed by atoms with Crippen molar-refractivity contribution in [1.29, 1.82) is 0 Å². The zero-order valence-corrected chi connectivity index (χ0v) is 17.1.